The van der Waals surface area contributed by atoms with E-state index in [1.165, 1.54) is 0 Å². The van der Waals surface area contributed by atoms with Crippen molar-refractivity contribution in [2.75, 3.05) is 19.7 Å². The standard InChI is InChI=1S/C20H31BN2O5/c1-18(2,3)26-17(24)23-11-12-25-15(13-23)14-9-8-10-16(22-14)21-27-19(4,5)20(6,7)28-21/h8-10,15H,11-13H2,1-7H3. The Morgan fingerprint density at radius 3 is 2.46 bits per heavy atom. The Bertz CT molecular complexity index is 716. The molecule has 0 spiro atoms. The number of aromatic nitrogens is 1. The van der Waals surface area contributed by atoms with E-state index in [1.807, 2.05) is 66.7 Å². The summed E-state index contributed by atoms with van der Waals surface area (Å²) in [5.74, 6) is 0. The number of nitrogens with zero attached hydrogens (tertiary/aromatic N) is 2. The highest BCUT2D eigenvalue weighted by Gasteiger charge is 2.52. The van der Waals surface area contributed by atoms with Crippen LogP contribution in [0.3, 0.4) is 0 Å². The third kappa shape index (κ3) is 4.50. The first-order chi connectivity index (χ1) is 12.9. The molecule has 0 aromatic carbocycles. The van der Waals surface area contributed by atoms with Gasteiger partial charge < -0.3 is 23.7 Å². The van der Waals surface area contributed by atoms with Gasteiger partial charge in [0.1, 0.15) is 11.7 Å². The molecule has 1 amide bonds. The van der Waals surface area contributed by atoms with Crippen molar-refractivity contribution >= 4 is 18.8 Å². The summed E-state index contributed by atoms with van der Waals surface area (Å²) in [6.45, 7) is 15.0. The van der Waals surface area contributed by atoms with Gasteiger partial charge in [-0.15, -0.1) is 0 Å². The molecule has 3 heterocycles. The summed E-state index contributed by atoms with van der Waals surface area (Å²) in [4.78, 5) is 18.8. The number of rotatable bonds is 2. The van der Waals surface area contributed by atoms with Crippen LogP contribution in [0.1, 0.15) is 60.3 Å². The van der Waals surface area contributed by atoms with Crippen molar-refractivity contribution in [1.82, 2.24) is 9.88 Å². The van der Waals surface area contributed by atoms with Crippen LogP contribution in [0.5, 0.6) is 0 Å². The highest BCUT2D eigenvalue weighted by atomic mass is 16.7. The smallest absolute Gasteiger partial charge is 0.444 e. The quantitative estimate of drug-likeness (QED) is 0.724. The van der Waals surface area contributed by atoms with Gasteiger partial charge in [0, 0.05) is 6.54 Å². The fourth-order valence-corrected chi connectivity index (χ4v) is 3.06. The van der Waals surface area contributed by atoms with E-state index in [4.69, 9.17) is 23.8 Å². The first-order valence-electron chi connectivity index (χ1n) is 9.80. The van der Waals surface area contributed by atoms with E-state index < -0.39 is 23.9 Å². The van der Waals surface area contributed by atoms with Crippen molar-refractivity contribution in [3.05, 3.63) is 23.9 Å². The Morgan fingerprint density at radius 1 is 1.21 bits per heavy atom. The monoisotopic (exact) mass is 390 g/mol. The number of hydrogen-bond donors (Lipinski definition) is 0. The highest BCUT2D eigenvalue weighted by Crippen LogP contribution is 2.36. The Hall–Kier alpha value is -1.64. The van der Waals surface area contributed by atoms with Gasteiger partial charge in [-0.1, -0.05) is 6.07 Å². The van der Waals surface area contributed by atoms with Crippen molar-refractivity contribution in [3.8, 4) is 0 Å². The number of morpholine rings is 1. The average molecular weight is 390 g/mol. The summed E-state index contributed by atoms with van der Waals surface area (Å²) in [6.07, 6.45) is -0.647. The molecule has 2 aliphatic heterocycles. The minimum absolute atomic E-state index is 0.316. The van der Waals surface area contributed by atoms with Crippen molar-refractivity contribution in [3.63, 3.8) is 0 Å². The molecule has 8 heteroatoms. The zero-order chi connectivity index (χ0) is 20.7. The molecule has 1 unspecified atom stereocenters. The number of carbonyl (C=O) groups is 1. The molecule has 2 saturated heterocycles. The van der Waals surface area contributed by atoms with Crippen LogP contribution >= 0.6 is 0 Å². The lowest BCUT2D eigenvalue weighted by atomic mass is 9.84. The fraction of sp³-hybridized carbons (Fsp3) is 0.700. The molecule has 3 rings (SSSR count). The zero-order valence-electron chi connectivity index (χ0n) is 17.9. The molecule has 0 saturated carbocycles. The normalized spacial score (nSPS) is 24.3. The molecule has 154 valence electrons. The van der Waals surface area contributed by atoms with Crippen molar-refractivity contribution < 1.29 is 23.6 Å². The van der Waals surface area contributed by atoms with E-state index in [9.17, 15) is 4.79 Å². The van der Waals surface area contributed by atoms with E-state index in [0.29, 0.717) is 25.3 Å². The van der Waals surface area contributed by atoms with Gasteiger partial charge in [0.2, 0.25) is 0 Å². The molecule has 1 aromatic heterocycles. The van der Waals surface area contributed by atoms with Gasteiger partial charge in [-0.25, -0.2) is 4.79 Å². The Labute approximate surface area is 167 Å². The van der Waals surface area contributed by atoms with E-state index in [1.54, 1.807) is 4.90 Å². The van der Waals surface area contributed by atoms with Crippen LogP contribution in [0.2, 0.25) is 0 Å². The molecule has 2 aliphatic rings. The van der Waals surface area contributed by atoms with Crippen LogP contribution in [0.4, 0.5) is 4.79 Å². The number of amides is 1. The van der Waals surface area contributed by atoms with Crippen molar-refractivity contribution in [1.29, 1.82) is 0 Å². The molecule has 1 aromatic rings. The minimum Gasteiger partial charge on any atom is -0.444 e. The van der Waals surface area contributed by atoms with E-state index in [-0.39, 0.29) is 12.2 Å². The molecular formula is C20H31BN2O5. The van der Waals surface area contributed by atoms with Crippen LogP contribution < -0.4 is 5.59 Å². The lowest BCUT2D eigenvalue weighted by Crippen LogP contribution is -2.45. The van der Waals surface area contributed by atoms with Gasteiger partial charge in [-0.2, -0.15) is 0 Å². The molecule has 0 aliphatic carbocycles. The maximum Gasteiger partial charge on any atom is 0.514 e. The van der Waals surface area contributed by atoms with Crippen LogP contribution in [-0.4, -0.2) is 59.6 Å². The van der Waals surface area contributed by atoms with E-state index in [2.05, 4.69) is 0 Å². The van der Waals surface area contributed by atoms with E-state index >= 15 is 0 Å². The van der Waals surface area contributed by atoms with Crippen LogP contribution in [-0.2, 0) is 18.8 Å². The van der Waals surface area contributed by atoms with Crippen LogP contribution in [0, 0.1) is 0 Å². The first kappa shape index (κ1) is 21.1. The first-order valence-corrected chi connectivity index (χ1v) is 9.80. The molecule has 0 N–H and O–H groups in total. The second-order valence-corrected chi connectivity index (χ2v) is 9.36. The summed E-state index contributed by atoms with van der Waals surface area (Å²) in [6, 6.07) is 5.70. The predicted octanol–water partition coefficient (Wildman–Crippen LogP) is 2.69. The second kappa shape index (κ2) is 7.32. The van der Waals surface area contributed by atoms with Gasteiger partial charge in [-0.05, 0) is 60.6 Å². The Kier molecular flexibility index (Phi) is 5.51. The molecule has 2 fully saturated rings. The maximum absolute atomic E-state index is 12.4. The number of ether oxygens (including phenoxy) is 2. The van der Waals surface area contributed by atoms with Gasteiger partial charge in [0.05, 0.1) is 35.6 Å². The molecular weight excluding hydrogens is 359 g/mol. The molecule has 0 bridgehead atoms. The van der Waals surface area contributed by atoms with Gasteiger partial charge in [-0.3, -0.25) is 4.98 Å². The SMILES string of the molecule is CC(C)(C)OC(=O)N1CCOC(c2cccc(B3OC(C)(C)C(C)(C)O3)n2)C1. The second-order valence-electron chi connectivity index (χ2n) is 9.36. The zero-order valence-corrected chi connectivity index (χ0v) is 17.9. The molecule has 1 atom stereocenters. The third-order valence-electron chi connectivity index (χ3n) is 5.33. The maximum atomic E-state index is 12.4. The summed E-state index contributed by atoms with van der Waals surface area (Å²) < 4.78 is 23.6. The van der Waals surface area contributed by atoms with Crippen molar-refractivity contribution in [2.45, 2.75) is 71.4 Å². The van der Waals surface area contributed by atoms with Gasteiger partial charge >= 0.3 is 13.2 Å². The summed E-state index contributed by atoms with van der Waals surface area (Å²) >= 11 is 0. The number of pyridine rings is 1. The lowest BCUT2D eigenvalue weighted by molar-refractivity contribution is -0.0446. The topological polar surface area (TPSA) is 70.1 Å². The van der Waals surface area contributed by atoms with Gasteiger partial charge in [0.15, 0.2) is 0 Å². The minimum atomic E-state index is -0.532. The average Bonchev–Trinajstić information content (AvgIpc) is 2.81. The number of hydrogen-bond acceptors (Lipinski definition) is 6. The number of carbonyl (C=O) groups excluding carboxylic acids is 1. The van der Waals surface area contributed by atoms with Crippen molar-refractivity contribution in [2.24, 2.45) is 0 Å². The largest absolute Gasteiger partial charge is 0.514 e. The molecule has 28 heavy (non-hydrogen) atoms. The molecule has 7 nitrogen and oxygen atoms in total. The van der Waals surface area contributed by atoms with Crippen LogP contribution in [0.15, 0.2) is 18.2 Å². The summed E-state index contributed by atoms with van der Waals surface area (Å²) in [5.41, 5.74) is 0.0726. The lowest BCUT2D eigenvalue weighted by Gasteiger charge is -2.34. The van der Waals surface area contributed by atoms with Crippen LogP contribution in [0.25, 0.3) is 0 Å². The summed E-state index contributed by atoms with van der Waals surface area (Å²) in [5, 5.41) is 0. The third-order valence-corrected chi connectivity index (χ3v) is 5.33. The fourth-order valence-electron chi connectivity index (χ4n) is 3.06. The molecule has 0 radical (unpaired) electrons. The summed E-state index contributed by atoms with van der Waals surface area (Å²) in [7, 11) is -0.532. The van der Waals surface area contributed by atoms with E-state index in [0.717, 1.165) is 5.69 Å². The van der Waals surface area contributed by atoms with Gasteiger partial charge in [0.25, 0.3) is 0 Å². The predicted molar refractivity (Wildman–Crippen MR) is 106 cm³/mol. The highest BCUT2D eigenvalue weighted by molar-refractivity contribution is 6.61. The Morgan fingerprint density at radius 2 is 1.86 bits per heavy atom. The Balaban J connectivity index is 1.73.